The van der Waals surface area contributed by atoms with Gasteiger partial charge in [-0.2, -0.15) is 0 Å². The summed E-state index contributed by atoms with van der Waals surface area (Å²) in [5.74, 6) is 1.39. The highest BCUT2D eigenvalue weighted by atomic mass is 35.5. The second kappa shape index (κ2) is 8.89. The first-order valence-electron chi connectivity index (χ1n) is 9.36. The molecule has 0 saturated carbocycles. The molecule has 32 heavy (non-hydrogen) atoms. The minimum atomic E-state index is -0.303. The van der Waals surface area contributed by atoms with Crippen LogP contribution in [0.2, 0.25) is 10.2 Å². The molecule has 0 aliphatic rings. The van der Waals surface area contributed by atoms with Crippen LogP contribution >= 0.6 is 23.2 Å². The predicted molar refractivity (Wildman–Crippen MR) is 123 cm³/mol. The third kappa shape index (κ3) is 4.25. The van der Waals surface area contributed by atoms with Gasteiger partial charge in [-0.3, -0.25) is 9.20 Å². The largest absolute Gasteiger partial charge is 0.493 e. The molecule has 0 bridgehead atoms. The number of fused-ring (bicyclic) bond motifs is 1. The Kier molecular flexibility index (Phi) is 6.02. The molecule has 3 heterocycles. The number of hydrogen-bond acceptors (Lipinski definition) is 7. The van der Waals surface area contributed by atoms with Gasteiger partial charge in [-0.25, -0.2) is 15.0 Å². The lowest BCUT2D eigenvalue weighted by Crippen LogP contribution is -2.16. The molecule has 0 fully saturated rings. The number of nitrogens with zero attached hydrogens (tertiary/aromatic N) is 4. The molecular formula is C21H18Cl2N6O3. The minimum Gasteiger partial charge on any atom is -0.493 e. The molecule has 4 aromatic rings. The SMILES string of the molecule is COc1cc(Cl)c(-c2nccc3nc(CC(=O)Nc4ccc(Cl)nc4N)cn23)cc1OC. The van der Waals surface area contributed by atoms with E-state index < -0.39 is 0 Å². The van der Waals surface area contributed by atoms with E-state index in [-0.39, 0.29) is 23.3 Å². The highest BCUT2D eigenvalue weighted by Gasteiger charge is 2.17. The average Bonchev–Trinajstić information content (AvgIpc) is 3.18. The summed E-state index contributed by atoms with van der Waals surface area (Å²) >= 11 is 12.3. The molecule has 1 amide bonds. The Balaban J connectivity index is 1.65. The number of halogens is 2. The van der Waals surface area contributed by atoms with E-state index in [2.05, 4.69) is 20.3 Å². The second-order valence-corrected chi connectivity index (χ2v) is 7.50. The quantitative estimate of drug-likeness (QED) is 0.408. The van der Waals surface area contributed by atoms with E-state index in [1.54, 1.807) is 54.2 Å². The van der Waals surface area contributed by atoms with Crippen molar-refractivity contribution in [3.63, 3.8) is 0 Å². The number of rotatable bonds is 6. The second-order valence-electron chi connectivity index (χ2n) is 6.71. The normalized spacial score (nSPS) is 10.9. The molecule has 0 radical (unpaired) electrons. The number of benzene rings is 1. The number of nitrogens with one attached hydrogen (secondary N) is 1. The molecule has 4 rings (SSSR count). The van der Waals surface area contributed by atoms with Crippen LogP contribution in [0, 0.1) is 0 Å². The van der Waals surface area contributed by atoms with Crippen LogP contribution in [0.4, 0.5) is 11.5 Å². The predicted octanol–water partition coefficient (Wildman–Crippen LogP) is 3.88. The monoisotopic (exact) mass is 472 g/mol. The standard InChI is InChI=1S/C21H18Cl2N6O3/c1-31-15-8-12(13(22)9-16(15)32-2)21-25-6-5-18-26-11(10-29(18)21)7-19(30)27-14-3-4-17(23)28-20(14)24/h3-6,8-10H,7H2,1-2H3,(H2,24,28)(H,27,30). The molecule has 0 saturated heterocycles. The van der Waals surface area contributed by atoms with Crippen LogP contribution in [-0.2, 0) is 11.2 Å². The van der Waals surface area contributed by atoms with Gasteiger partial charge in [-0.1, -0.05) is 23.2 Å². The summed E-state index contributed by atoms with van der Waals surface area (Å²) in [6.45, 7) is 0. The Morgan fingerprint density at radius 2 is 1.88 bits per heavy atom. The van der Waals surface area contributed by atoms with Crippen LogP contribution in [0.5, 0.6) is 11.5 Å². The summed E-state index contributed by atoms with van der Waals surface area (Å²) in [6, 6.07) is 8.27. The van der Waals surface area contributed by atoms with Crippen LogP contribution in [0.1, 0.15) is 5.69 Å². The van der Waals surface area contributed by atoms with Crippen molar-refractivity contribution >= 4 is 46.3 Å². The first-order valence-corrected chi connectivity index (χ1v) is 10.1. The van der Waals surface area contributed by atoms with Crippen molar-refractivity contribution in [3.05, 3.63) is 58.6 Å². The minimum absolute atomic E-state index is 0.0167. The van der Waals surface area contributed by atoms with E-state index in [9.17, 15) is 4.79 Å². The molecule has 11 heteroatoms. The number of aromatic nitrogens is 4. The third-order valence-electron chi connectivity index (χ3n) is 4.65. The first-order chi connectivity index (χ1) is 15.4. The number of hydrogen-bond donors (Lipinski definition) is 2. The molecule has 0 atom stereocenters. The summed E-state index contributed by atoms with van der Waals surface area (Å²) in [6.07, 6.45) is 3.37. The maximum atomic E-state index is 12.5. The lowest BCUT2D eigenvalue weighted by Gasteiger charge is -2.12. The topological polar surface area (TPSA) is 117 Å². The van der Waals surface area contributed by atoms with Gasteiger partial charge in [-0.15, -0.1) is 0 Å². The molecule has 3 aromatic heterocycles. The molecule has 0 aliphatic carbocycles. The van der Waals surface area contributed by atoms with Gasteiger partial charge >= 0.3 is 0 Å². The molecule has 9 nitrogen and oxygen atoms in total. The Morgan fingerprint density at radius 3 is 2.59 bits per heavy atom. The summed E-state index contributed by atoms with van der Waals surface area (Å²) in [5.41, 5.74) is 7.95. The number of nitrogen functional groups attached to an aromatic ring is 1. The van der Waals surface area contributed by atoms with Gasteiger partial charge in [-0.05, 0) is 24.3 Å². The number of pyridine rings is 1. The summed E-state index contributed by atoms with van der Waals surface area (Å²) < 4.78 is 12.4. The van der Waals surface area contributed by atoms with Crippen molar-refractivity contribution in [2.75, 3.05) is 25.3 Å². The lowest BCUT2D eigenvalue weighted by molar-refractivity contribution is -0.115. The zero-order valence-corrected chi connectivity index (χ0v) is 18.6. The smallest absolute Gasteiger partial charge is 0.230 e. The van der Waals surface area contributed by atoms with Gasteiger partial charge < -0.3 is 20.5 Å². The van der Waals surface area contributed by atoms with Crippen molar-refractivity contribution in [2.24, 2.45) is 0 Å². The van der Waals surface area contributed by atoms with Gasteiger partial charge in [0.25, 0.3) is 0 Å². The molecule has 0 aliphatic heterocycles. The van der Waals surface area contributed by atoms with E-state index >= 15 is 0 Å². The number of amides is 1. The fourth-order valence-electron chi connectivity index (χ4n) is 3.19. The maximum Gasteiger partial charge on any atom is 0.230 e. The lowest BCUT2D eigenvalue weighted by atomic mass is 10.1. The number of carbonyl (C=O) groups excluding carboxylic acids is 1. The van der Waals surface area contributed by atoms with Crippen molar-refractivity contribution < 1.29 is 14.3 Å². The number of nitrogens with two attached hydrogens (primary N) is 1. The van der Waals surface area contributed by atoms with Crippen LogP contribution < -0.4 is 20.5 Å². The zero-order chi connectivity index (χ0) is 22.8. The fraction of sp³-hybridized carbons (Fsp3) is 0.143. The van der Waals surface area contributed by atoms with Gasteiger partial charge in [0.2, 0.25) is 5.91 Å². The van der Waals surface area contributed by atoms with Crippen molar-refractivity contribution in [1.29, 1.82) is 0 Å². The Morgan fingerprint density at radius 1 is 1.12 bits per heavy atom. The first kappa shape index (κ1) is 21.7. The van der Waals surface area contributed by atoms with E-state index in [4.69, 9.17) is 38.4 Å². The van der Waals surface area contributed by atoms with E-state index in [1.165, 1.54) is 7.11 Å². The number of methoxy groups -OCH3 is 2. The van der Waals surface area contributed by atoms with Crippen LogP contribution in [0.25, 0.3) is 17.0 Å². The molecular weight excluding hydrogens is 455 g/mol. The van der Waals surface area contributed by atoms with Crippen molar-refractivity contribution in [1.82, 2.24) is 19.4 Å². The van der Waals surface area contributed by atoms with E-state index in [0.29, 0.717) is 44.9 Å². The van der Waals surface area contributed by atoms with E-state index in [1.807, 2.05) is 0 Å². The van der Waals surface area contributed by atoms with Crippen molar-refractivity contribution in [2.45, 2.75) is 6.42 Å². The number of carbonyl (C=O) groups is 1. The molecule has 0 spiro atoms. The highest BCUT2D eigenvalue weighted by Crippen LogP contribution is 2.37. The Labute approximate surface area is 193 Å². The Bertz CT molecular complexity index is 1320. The van der Waals surface area contributed by atoms with E-state index in [0.717, 1.165) is 0 Å². The van der Waals surface area contributed by atoms with Crippen molar-refractivity contribution in [3.8, 4) is 22.9 Å². The molecule has 1 aromatic carbocycles. The van der Waals surface area contributed by atoms with Crippen LogP contribution in [-0.4, -0.2) is 39.5 Å². The summed E-state index contributed by atoms with van der Waals surface area (Å²) in [7, 11) is 3.08. The summed E-state index contributed by atoms with van der Waals surface area (Å²) in [4.78, 5) is 25.4. The van der Waals surface area contributed by atoms with Crippen LogP contribution in [0.3, 0.4) is 0 Å². The highest BCUT2D eigenvalue weighted by molar-refractivity contribution is 6.33. The number of ether oxygens (including phenoxy) is 2. The average molecular weight is 473 g/mol. The molecule has 3 N–H and O–H groups in total. The summed E-state index contributed by atoms with van der Waals surface area (Å²) in [5, 5.41) is 3.39. The third-order valence-corrected chi connectivity index (χ3v) is 5.18. The maximum absolute atomic E-state index is 12.5. The van der Waals surface area contributed by atoms with Gasteiger partial charge in [0, 0.05) is 24.0 Å². The molecule has 0 unspecified atom stereocenters. The van der Waals surface area contributed by atoms with Gasteiger partial charge in [0.1, 0.15) is 22.4 Å². The Hall–Kier alpha value is -3.56. The fourth-order valence-corrected chi connectivity index (χ4v) is 3.59. The van der Waals surface area contributed by atoms with Crippen LogP contribution in [0.15, 0.2) is 42.7 Å². The van der Waals surface area contributed by atoms with Gasteiger partial charge in [0.15, 0.2) is 11.5 Å². The number of anilines is 2. The zero-order valence-electron chi connectivity index (χ0n) is 17.1. The number of imidazole rings is 1. The van der Waals surface area contributed by atoms with Gasteiger partial charge in [0.05, 0.1) is 37.0 Å². The molecule has 164 valence electrons.